The van der Waals surface area contributed by atoms with Crippen LogP contribution < -0.4 is 0 Å². The van der Waals surface area contributed by atoms with Crippen LogP contribution in [-0.4, -0.2) is 19.7 Å². The second-order valence-electron chi connectivity index (χ2n) is 6.07. The number of aromatic nitrogens is 4. The first-order chi connectivity index (χ1) is 10.1. The van der Waals surface area contributed by atoms with Crippen molar-refractivity contribution in [3.63, 3.8) is 0 Å². The molecule has 0 N–H and O–H groups in total. The quantitative estimate of drug-likeness (QED) is 0.689. The van der Waals surface area contributed by atoms with Gasteiger partial charge in [-0.1, -0.05) is 6.92 Å². The van der Waals surface area contributed by atoms with Gasteiger partial charge in [0.2, 0.25) is 0 Å². The number of nitrogens with zero attached hydrogens (tertiary/aromatic N) is 4. The number of hydrogen-bond donors (Lipinski definition) is 0. The normalized spacial score (nSPS) is 18.1. The molecule has 108 valence electrons. The SMILES string of the molecule is Cc1cc(C)n(-c2ncnc3sc4c(c23)C[C@H](C)CC4)n1. The van der Waals surface area contributed by atoms with Crippen LogP contribution in [0.3, 0.4) is 0 Å². The maximum absolute atomic E-state index is 4.61. The third kappa shape index (κ3) is 1.99. The van der Waals surface area contributed by atoms with Gasteiger partial charge in [-0.05, 0) is 50.7 Å². The van der Waals surface area contributed by atoms with Crippen molar-refractivity contribution in [1.82, 2.24) is 19.7 Å². The van der Waals surface area contributed by atoms with Gasteiger partial charge in [0.1, 0.15) is 11.2 Å². The van der Waals surface area contributed by atoms with Crippen molar-refractivity contribution in [1.29, 1.82) is 0 Å². The Kier molecular flexibility index (Phi) is 2.85. The molecular weight excluding hydrogens is 280 g/mol. The number of aryl methyl sites for hydroxylation is 3. The standard InChI is InChI=1S/C16H18N4S/c1-9-4-5-13-12(6-9)14-15(17-8-18-16(14)21-13)20-11(3)7-10(2)19-20/h7-9H,4-6H2,1-3H3/t9-/m1/s1. The van der Waals surface area contributed by atoms with Crippen molar-refractivity contribution in [2.45, 2.75) is 40.0 Å². The van der Waals surface area contributed by atoms with Crippen LogP contribution in [0.2, 0.25) is 0 Å². The molecule has 0 unspecified atom stereocenters. The highest BCUT2D eigenvalue weighted by Gasteiger charge is 2.24. The molecule has 1 aliphatic carbocycles. The van der Waals surface area contributed by atoms with Crippen molar-refractivity contribution in [3.05, 3.63) is 34.2 Å². The van der Waals surface area contributed by atoms with Crippen LogP contribution in [-0.2, 0) is 12.8 Å². The van der Waals surface area contributed by atoms with E-state index >= 15 is 0 Å². The molecule has 4 rings (SSSR count). The van der Waals surface area contributed by atoms with Gasteiger partial charge < -0.3 is 0 Å². The van der Waals surface area contributed by atoms with E-state index in [2.05, 4.69) is 35.0 Å². The Bertz CT molecular complexity index is 830. The van der Waals surface area contributed by atoms with E-state index in [1.54, 1.807) is 6.33 Å². The molecule has 0 saturated heterocycles. The molecule has 1 aliphatic rings. The molecular formula is C16H18N4S. The Labute approximate surface area is 127 Å². The van der Waals surface area contributed by atoms with E-state index in [0.29, 0.717) is 0 Å². The lowest BCUT2D eigenvalue weighted by Crippen LogP contribution is -2.10. The lowest BCUT2D eigenvalue weighted by Gasteiger charge is -2.18. The zero-order valence-corrected chi connectivity index (χ0v) is 13.4. The average Bonchev–Trinajstić information content (AvgIpc) is 2.98. The first-order valence-electron chi connectivity index (χ1n) is 7.42. The van der Waals surface area contributed by atoms with Crippen molar-refractivity contribution in [2.24, 2.45) is 5.92 Å². The molecule has 0 fully saturated rings. The number of fused-ring (bicyclic) bond motifs is 3. The molecule has 3 aromatic rings. The minimum absolute atomic E-state index is 0.740. The zero-order valence-electron chi connectivity index (χ0n) is 12.6. The van der Waals surface area contributed by atoms with Gasteiger partial charge in [-0.15, -0.1) is 11.3 Å². The van der Waals surface area contributed by atoms with Crippen molar-refractivity contribution >= 4 is 21.6 Å². The molecule has 0 spiro atoms. The van der Waals surface area contributed by atoms with Crippen LogP contribution in [0.15, 0.2) is 12.4 Å². The molecule has 0 aromatic carbocycles. The van der Waals surface area contributed by atoms with Gasteiger partial charge in [0.25, 0.3) is 0 Å². The summed E-state index contributed by atoms with van der Waals surface area (Å²) in [6.07, 6.45) is 5.26. The van der Waals surface area contributed by atoms with Gasteiger partial charge >= 0.3 is 0 Å². The summed E-state index contributed by atoms with van der Waals surface area (Å²) in [7, 11) is 0. The summed E-state index contributed by atoms with van der Waals surface area (Å²) in [4.78, 5) is 11.6. The Hall–Kier alpha value is -1.75. The Morgan fingerprint density at radius 1 is 1.29 bits per heavy atom. The summed E-state index contributed by atoms with van der Waals surface area (Å²) >= 11 is 1.83. The van der Waals surface area contributed by atoms with Crippen LogP contribution in [0.25, 0.3) is 16.0 Å². The van der Waals surface area contributed by atoms with Gasteiger partial charge in [-0.3, -0.25) is 0 Å². The summed E-state index contributed by atoms with van der Waals surface area (Å²) in [5.41, 5.74) is 3.60. The van der Waals surface area contributed by atoms with Crippen molar-refractivity contribution < 1.29 is 0 Å². The van der Waals surface area contributed by atoms with Gasteiger partial charge in [-0.2, -0.15) is 5.10 Å². The average molecular weight is 298 g/mol. The van der Waals surface area contributed by atoms with Crippen LogP contribution in [0, 0.1) is 19.8 Å². The molecule has 5 heteroatoms. The summed E-state index contributed by atoms with van der Waals surface area (Å²) in [6, 6.07) is 2.09. The summed E-state index contributed by atoms with van der Waals surface area (Å²) in [6.45, 7) is 6.43. The molecule has 0 saturated carbocycles. The van der Waals surface area contributed by atoms with E-state index in [1.165, 1.54) is 28.7 Å². The van der Waals surface area contributed by atoms with Crippen LogP contribution in [0.1, 0.15) is 35.2 Å². The van der Waals surface area contributed by atoms with Crippen molar-refractivity contribution in [2.75, 3.05) is 0 Å². The number of rotatable bonds is 1. The van der Waals surface area contributed by atoms with E-state index in [1.807, 2.05) is 22.9 Å². The molecule has 0 amide bonds. The Morgan fingerprint density at radius 3 is 2.90 bits per heavy atom. The molecule has 21 heavy (non-hydrogen) atoms. The molecule has 4 nitrogen and oxygen atoms in total. The summed E-state index contributed by atoms with van der Waals surface area (Å²) in [5, 5.41) is 5.83. The fourth-order valence-corrected chi connectivity index (χ4v) is 4.45. The lowest BCUT2D eigenvalue weighted by molar-refractivity contribution is 0.508. The number of thiophene rings is 1. The van der Waals surface area contributed by atoms with Crippen LogP contribution in [0.4, 0.5) is 0 Å². The van der Waals surface area contributed by atoms with Crippen LogP contribution >= 0.6 is 11.3 Å². The minimum atomic E-state index is 0.740. The Balaban J connectivity index is 2.02. The highest BCUT2D eigenvalue weighted by Crippen LogP contribution is 2.39. The van der Waals surface area contributed by atoms with E-state index in [0.717, 1.165) is 34.4 Å². The fraction of sp³-hybridized carbons (Fsp3) is 0.438. The largest absolute Gasteiger partial charge is 0.225 e. The third-order valence-corrected chi connectivity index (χ3v) is 5.48. The molecule has 0 radical (unpaired) electrons. The van der Waals surface area contributed by atoms with Gasteiger partial charge in [0.15, 0.2) is 5.82 Å². The maximum atomic E-state index is 4.61. The summed E-state index contributed by atoms with van der Waals surface area (Å²) in [5.74, 6) is 1.68. The van der Waals surface area contributed by atoms with Gasteiger partial charge in [0.05, 0.1) is 11.1 Å². The third-order valence-electron chi connectivity index (χ3n) is 4.28. The molecule has 0 bridgehead atoms. The van der Waals surface area contributed by atoms with Crippen LogP contribution in [0.5, 0.6) is 0 Å². The fourth-order valence-electron chi connectivity index (χ4n) is 3.27. The summed E-state index contributed by atoms with van der Waals surface area (Å²) < 4.78 is 1.96. The van der Waals surface area contributed by atoms with E-state index in [9.17, 15) is 0 Å². The predicted molar refractivity (Wildman–Crippen MR) is 85.2 cm³/mol. The van der Waals surface area contributed by atoms with E-state index in [-0.39, 0.29) is 0 Å². The lowest BCUT2D eigenvalue weighted by atomic mass is 9.88. The highest BCUT2D eigenvalue weighted by molar-refractivity contribution is 7.18. The first-order valence-corrected chi connectivity index (χ1v) is 8.24. The minimum Gasteiger partial charge on any atom is -0.225 e. The number of hydrogen-bond acceptors (Lipinski definition) is 4. The topological polar surface area (TPSA) is 43.6 Å². The molecule has 3 heterocycles. The zero-order chi connectivity index (χ0) is 14.6. The van der Waals surface area contributed by atoms with Gasteiger partial charge in [0, 0.05) is 10.6 Å². The second-order valence-corrected chi connectivity index (χ2v) is 7.15. The first kappa shape index (κ1) is 13.0. The molecule has 3 aromatic heterocycles. The molecule has 0 aliphatic heterocycles. The Morgan fingerprint density at radius 2 is 2.14 bits per heavy atom. The predicted octanol–water partition coefficient (Wildman–Crippen LogP) is 3.62. The second kappa shape index (κ2) is 4.63. The molecule has 1 atom stereocenters. The smallest absolute Gasteiger partial charge is 0.165 e. The van der Waals surface area contributed by atoms with E-state index in [4.69, 9.17) is 0 Å². The van der Waals surface area contributed by atoms with E-state index < -0.39 is 0 Å². The van der Waals surface area contributed by atoms with Gasteiger partial charge in [-0.25, -0.2) is 14.6 Å². The highest BCUT2D eigenvalue weighted by atomic mass is 32.1. The van der Waals surface area contributed by atoms with Crippen molar-refractivity contribution in [3.8, 4) is 5.82 Å². The maximum Gasteiger partial charge on any atom is 0.165 e. The monoisotopic (exact) mass is 298 g/mol.